The topological polar surface area (TPSA) is 41.1 Å². The van der Waals surface area contributed by atoms with Gasteiger partial charge in [0, 0.05) is 24.0 Å². The number of carbonyl (C=O) groups excluding carboxylic acids is 1. The van der Waals surface area contributed by atoms with Crippen molar-refractivity contribution in [2.45, 2.75) is 38.3 Å². The lowest BCUT2D eigenvalue weighted by Gasteiger charge is -2.14. The van der Waals surface area contributed by atoms with Gasteiger partial charge in [0.2, 0.25) is 5.91 Å². The molecule has 4 heteroatoms. The van der Waals surface area contributed by atoms with Crippen molar-refractivity contribution in [1.82, 2.24) is 10.6 Å². The van der Waals surface area contributed by atoms with Crippen LogP contribution in [0.3, 0.4) is 0 Å². The molecule has 0 spiro atoms. The molecule has 1 aromatic rings. The Balaban J connectivity index is 1.75. The highest BCUT2D eigenvalue weighted by atomic mass is 35.5. The van der Waals surface area contributed by atoms with Gasteiger partial charge in [-0.25, -0.2) is 0 Å². The highest BCUT2D eigenvalue weighted by Gasteiger charge is 2.20. The molecule has 0 bridgehead atoms. The minimum absolute atomic E-state index is 0.00266. The molecule has 0 heterocycles. The fourth-order valence-electron chi connectivity index (χ4n) is 1.85. The summed E-state index contributed by atoms with van der Waals surface area (Å²) in [4.78, 5) is 11.7. The number of rotatable bonds is 6. The monoisotopic (exact) mass is 266 g/mol. The van der Waals surface area contributed by atoms with Crippen LogP contribution in [0.5, 0.6) is 0 Å². The maximum atomic E-state index is 11.7. The number of hydrogen-bond acceptors (Lipinski definition) is 2. The molecule has 0 unspecified atom stereocenters. The Kier molecular flexibility index (Phi) is 4.61. The van der Waals surface area contributed by atoms with Crippen LogP contribution in [0, 0.1) is 0 Å². The second-order valence-electron chi connectivity index (χ2n) is 4.82. The molecule has 1 aliphatic rings. The molecule has 1 aromatic carbocycles. The molecular formula is C14H19ClN2O. The van der Waals surface area contributed by atoms with Gasteiger partial charge in [-0.2, -0.15) is 0 Å². The van der Waals surface area contributed by atoms with E-state index >= 15 is 0 Å². The molecule has 1 fully saturated rings. The van der Waals surface area contributed by atoms with Crippen LogP contribution in [0.25, 0.3) is 0 Å². The third-order valence-electron chi connectivity index (χ3n) is 3.09. The predicted molar refractivity (Wildman–Crippen MR) is 73.7 cm³/mol. The summed E-state index contributed by atoms with van der Waals surface area (Å²) in [6.45, 7) is 2.73. The van der Waals surface area contributed by atoms with Crippen molar-refractivity contribution in [3.63, 3.8) is 0 Å². The lowest BCUT2D eigenvalue weighted by Crippen LogP contribution is -2.30. The number of benzene rings is 1. The normalized spacial score (nSPS) is 16.3. The summed E-state index contributed by atoms with van der Waals surface area (Å²) in [5, 5.41) is 7.01. The summed E-state index contributed by atoms with van der Waals surface area (Å²) >= 11 is 5.93. The van der Waals surface area contributed by atoms with Gasteiger partial charge in [-0.1, -0.05) is 23.7 Å². The van der Waals surface area contributed by atoms with Crippen LogP contribution in [0.15, 0.2) is 24.3 Å². The molecule has 18 heavy (non-hydrogen) atoms. The smallest absolute Gasteiger partial charge is 0.221 e. The Hall–Kier alpha value is -1.06. The van der Waals surface area contributed by atoms with Crippen LogP contribution in [-0.4, -0.2) is 18.5 Å². The van der Waals surface area contributed by atoms with Gasteiger partial charge >= 0.3 is 0 Å². The van der Waals surface area contributed by atoms with Crippen LogP contribution in [-0.2, 0) is 4.79 Å². The zero-order chi connectivity index (χ0) is 13.0. The average molecular weight is 267 g/mol. The van der Waals surface area contributed by atoms with E-state index in [1.165, 1.54) is 12.8 Å². The van der Waals surface area contributed by atoms with E-state index in [4.69, 9.17) is 11.6 Å². The Labute approximate surface area is 113 Å². The van der Waals surface area contributed by atoms with Crippen LogP contribution in [0.4, 0.5) is 0 Å². The predicted octanol–water partition coefficient (Wildman–Crippen LogP) is 2.66. The molecular weight excluding hydrogens is 248 g/mol. The molecule has 0 radical (unpaired) electrons. The van der Waals surface area contributed by atoms with Gasteiger partial charge in [0.25, 0.3) is 0 Å². The maximum Gasteiger partial charge on any atom is 0.221 e. The van der Waals surface area contributed by atoms with E-state index in [-0.39, 0.29) is 11.9 Å². The van der Waals surface area contributed by atoms with Crippen molar-refractivity contribution in [3.05, 3.63) is 34.9 Å². The third-order valence-corrected chi connectivity index (χ3v) is 3.32. The molecule has 2 N–H and O–H groups in total. The summed E-state index contributed by atoms with van der Waals surface area (Å²) in [7, 11) is 0. The van der Waals surface area contributed by atoms with Crippen LogP contribution in [0.1, 0.15) is 37.8 Å². The van der Waals surface area contributed by atoms with Crippen molar-refractivity contribution < 1.29 is 4.79 Å². The van der Waals surface area contributed by atoms with E-state index in [0.717, 1.165) is 12.1 Å². The molecule has 98 valence electrons. The van der Waals surface area contributed by atoms with Crippen molar-refractivity contribution >= 4 is 17.5 Å². The van der Waals surface area contributed by atoms with E-state index in [1.54, 1.807) is 0 Å². The van der Waals surface area contributed by atoms with Crippen molar-refractivity contribution in [2.24, 2.45) is 0 Å². The van der Waals surface area contributed by atoms with E-state index in [0.29, 0.717) is 17.5 Å². The number of carbonyl (C=O) groups is 1. The minimum atomic E-state index is -0.00266. The minimum Gasteiger partial charge on any atom is -0.350 e. The highest BCUT2D eigenvalue weighted by Crippen LogP contribution is 2.19. The van der Waals surface area contributed by atoms with Gasteiger partial charge in [0.05, 0.1) is 6.04 Å². The zero-order valence-electron chi connectivity index (χ0n) is 10.6. The zero-order valence-corrected chi connectivity index (χ0v) is 11.3. The van der Waals surface area contributed by atoms with Crippen molar-refractivity contribution in [2.75, 3.05) is 6.54 Å². The molecule has 0 aromatic heterocycles. The van der Waals surface area contributed by atoms with E-state index in [1.807, 2.05) is 31.2 Å². The standard InChI is InChI=1S/C14H19ClN2O/c1-10(11-3-2-4-12(15)9-11)17-14(18)7-8-16-13-5-6-13/h2-4,9-10,13,16H,5-8H2,1H3,(H,17,18)/t10-/m1/s1. The third kappa shape index (κ3) is 4.31. The largest absolute Gasteiger partial charge is 0.350 e. The average Bonchev–Trinajstić information content (AvgIpc) is 3.13. The molecule has 1 saturated carbocycles. The van der Waals surface area contributed by atoms with Gasteiger partial charge in [-0.05, 0) is 37.5 Å². The number of nitrogens with one attached hydrogen (secondary N) is 2. The number of hydrogen-bond donors (Lipinski definition) is 2. The Morgan fingerprint density at radius 2 is 2.28 bits per heavy atom. The van der Waals surface area contributed by atoms with Crippen LogP contribution >= 0.6 is 11.6 Å². The van der Waals surface area contributed by atoms with E-state index in [2.05, 4.69) is 10.6 Å². The second-order valence-corrected chi connectivity index (χ2v) is 5.26. The lowest BCUT2D eigenvalue weighted by atomic mass is 10.1. The quantitative estimate of drug-likeness (QED) is 0.831. The first-order valence-corrected chi connectivity index (χ1v) is 6.81. The fraction of sp³-hybridized carbons (Fsp3) is 0.500. The molecule has 1 amide bonds. The van der Waals surface area contributed by atoms with Gasteiger partial charge in [0.1, 0.15) is 0 Å². The van der Waals surface area contributed by atoms with Gasteiger partial charge in [-0.3, -0.25) is 4.79 Å². The summed E-state index contributed by atoms with van der Waals surface area (Å²) in [5.74, 6) is 0.0793. The first-order valence-electron chi connectivity index (χ1n) is 6.43. The number of halogens is 1. The van der Waals surface area contributed by atoms with E-state index in [9.17, 15) is 4.79 Å². The summed E-state index contributed by atoms with van der Waals surface area (Å²) in [6, 6.07) is 8.24. The molecule has 1 atom stereocenters. The second kappa shape index (κ2) is 6.21. The molecule has 3 nitrogen and oxygen atoms in total. The SMILES string of the molecule is C[C@@H](NC(=O)CCNC1CC1)c1cccc(Cl)c1. The first kappa shape index (κ1) is 13.4. The van der Waals surface area contributed by atoms with Crippen molar-refractivity contribution in [3.8, 4) is 0 Å². The van der Waals surface area contributed by atoms with Gasteiger partial charge < -0.3 is 10.6 Å². The van der Waals surface area contributed by atoms with Crippen LogP contribution < -0.4 is 10.6 Å². The lowest BCUT2D eigenvalue weighted by molar-refractivity contribution is -0.121. The van der Waals surface area contributed by atoms with Gasteiger partial charge in [-0.15, -0.1) is 0 Å². The van der Waals surface area contributed by atoms with Gasteiger partial charge in [0.15, 0.2) is 0 Å². The Morgan fingerprint density at radius 3 is 2.94 bits per heavy atom. The van der Waals surface area contributed by atoms with E-state index < -0.39 is 0 Å². The Morgan fingerprint density at radius 1 is 1.50 bits per heavy atom. The maximum absolute atomic E-state index is 11.7. The summed E-state index contributed by atoms with van der Waals surface area (Å²) in [5.41, 5.74) is 1.03. The van der Waals surface area contributed by atoms with Crippen LogP contribution in [0.2, 0.25) is 5.02 Å². The Bertz CT molecular complexity index is 418. The highest BCUT2D eigenvalue weighted by molar-refractivity contribution is 6.30. The summed E-state index contributed by atoms with van der Waals surface area (Å²) < 4.78 is 0. The molecule has 0 aliphatic heterocycles. The number of amides is 1. The molecule has 1 aliphatic carbocycles. The molecule has 2 rings (SSSR count). The fourth-order valence-corrected chi connectivity index (χ4v) is 2.05. The molecule has 0 saturated heterocycles. The van der Waals surface area contributed by atoms with Crippen molar-refractivity contribution in [1.29, 1.82) is 0 Å². The first-order chi connectivity index (χ1) is 8.65. The summed E-state index contributed by atoms with van der Waals surface area (Å²) in [6.07, 6.45) is 3.03.